The number of aryl methyl sites for hydroxylation is 1. The molecule has 2 amide bonds. The van der Waals surface area contributed by atoms with Gasteiger partial charge in [-0.25, -0.2) is 15.0 Å². The van der Waals surface area contributed by atoms with Gasteiger partial charge in [0, 0.05) is 36.3 Å². The number of carbonyl (C=O) groups excluding carboxylic acids is 2. The minimum Gasteiger partial charge on any atom is -0.382 e. The number of benzene rings is 1. The first kappa shape index (κ1) is 24.0. The molecule has 0 aliphatic carbocycles. The maximum atomic E-state index is 12.8. The number of nitrogens with zero attached hydrogens (tertiary/aromatic N) is 5. The summed E-state index contributed by atoms with van der Waals surface area (Å²) in [6, 6.07) is 10.6. The lowest BCUT2D eigenvalue weighted by molar-refractivity contribution is -0.129. The third kappa shape index (κ3) is 4.61. The highest BCUT2D eigenvalue weighted by atomic mass is 16.2. The van der Waals surface area contributed by atoms with Crippen LogP contribution in [0.25, 0.3) is 16.8 Å². The number of anilines is 2. The Morgan fingerprint density at radius 3 is 2.76 bits per heavy atom. The van der Waals surface area contributed by atoms with E-state index in [-0.39, 0.29) is 17.9 Å². The van der Waals surface area contributed by atoms with Crippen LogP contribution in [0.15, 0.2) is 55.0 Å². The van der Waals surface area contributed by atoms with Crippen molar-refractivity contribution in [1.82, 2.24) is 24.3 Å². The van der Waals surface area contributed by atoms with Gasteiger partial charge in [-0.05, 0) is 68.9 Å². The van der Waals surface area contributed by atoms with Gasteiger partial charge in [-0.1, -0.05) is 18.1 Å². The highest BCUT2D eigenvalue weighted by Gasteiger charge is 2.32. The van der Waals surface area contributed by atoms with Crippen LogP contribution >= 0.6 is 0 Å². The van der Waals surface area contributed by atoms with Crippen LogP contribution in [0.3, 0.4) is 0 Å². The molecule has 4 aromatic rings. The molecule has 186 valence electrons. The summed E-state index contributed by atoms with van der Waals surface area (Å²) in [5.41, 5.74) is 9.88. The van der Waals surface area contributed by atoms with Crippen molar-refractivity contribution in [2.24, 2.45) is 0 Å². The van der Waals surface area contributed by atoms with Crippen molar-refractivity contribution in [3.8, 4) is 23.1 Å². The molecule has 1 aliphatic rings. The number of rotatable bonds is 4. The zero-order valence-electron chi connectivity index (χ0n) is 20.7. The van der Waals surface area contributed by atoms with Crippen LogP contribution in [-0.4, -0.2) is 42.6 Å². The van der Waals surface area contributed by atoms with Crippen LogP contribution in [0.5, 0.6) is 0 Å². The third-order valence-electron chi connectivity index (χ3n) is 6.55. The number of hydrogen-bond acceptors (Lipinski definition) is 6. The summed E-state index contributed by atoms with van der Waals surface area (Å²) in [6.07, 6.45) is 7.77. The van der Waals surface area contributed by atoms with Gasteiger partial charge in [0.25, 0.3) is 11.8 Å². The predicted molar refractivity (Wildman–Crippen MR) is 142 cm³/mol. The summed E-state index contributed by atoms with van der Waals surface area (Å²) < 4.78 is 1.93. The van der Waals surface area contributed by atoms with Crippen LogP contribution in [0.4, 0.5) is 11.6 Å². The average Bonchev–Trinajstić information content (AvgIpc) is 3.30. The maximum Gasteiger partial charge on any atom is 0.299 e. The molecule has 5 rings (SSSR count). The fourth-order valence-corrected chi connectivity index (χ4v) is 4.83. The van der Waals surface area contributed by atoms with E-state index in [4.69, 9.17) is 10.7 Å². The Bertz CT molecular complexity index is 1550. The minimum atomic E-state index is -0.252. The van der Waals surface area contributed by atoms with E-state index < -0.39 is 0 Å². The van der Waals surface area contributed by atoms with E-state index in [0.29, 0.717) is 35.0 Å². The monoisotopic (exact) mass is 493 g/mol. The van der Waals surface area contributed by atoms with Crippen LogP contribution in [0.2, 0.25) is 0 Å². The molecule has 0 radical (unpaired) electrons. The van der Waals surface area contributed by atoms with Crippen molar-refractivity contribution in [2.45, 2.75) is 39.2 Å². The predicted octanol–water partition coefficient (Wildman–Crippen LogP) is 4.01. The van der Waals surface area contributed by atoms with Crippen molar-refractivity contribution in [3.63, 3.8) is 0 Å². The highest BCUT2D eigenvalue weighted by molar-refractivity contribution is 6.04. The van der Waals surface area contributed by atoms with Crippen molar-refractivity contribution in [1.29, 1.82) is 0 Å². The SMILES string of the molecule is CC#CC(=O)N1CCCCC1c1nc(-c2ccc(C(=O)Nc3ccccn3)cc2C)c2c(N)nccn12. The summed E-state index contributed by atoms with van der Waals surface area (Å²) in [6.45, 7) is 4.22. The second-order valence-electron chi connectivity index (χ2n) is 8.93. The number of nitrogen functional groups attached to an aromatic ring is 1. The fourth-order valence-electron chi connectivity index (χ4n) is 4.83. The third-order valence-corrected chi connectivity index (χ3v) is 6.55. The molecule has 1 aliphatic heterocycles. The number of carbonyl (C=O) groups is 2. The number of piperidine rings is 1. The number of nitrogens with one attached hydrogen (secondary N) is 1. The maximum absolute atomic E-state index is 12.8. The number of hydrogen-bond donors (Lipinski definition) is 2. The Morgan fingerprint density at radius 2 is 2.00 bits per heavy atom. The molecular weight excluding hydrogens is 466 g/mol. The molecule has 1 fully saturated rings. The van der Waals surface area contributed by atoms with Crippen LogP contribution in [0, 0.1) is 18.8 Å². The Labute approximate surface area is 214 Å². The first-order valence-electron chi connectivity index (χ1n) is 12.2. The van der Waals surface area contributed by atoms with Crippen molar-refractivity contribution < 1.29 is 9.59 Å². The van der Waals surface area contributed by atoms with Crippen LogP contribution in [-0.2, 0) is 4.79 Å². The fraction of sp³-hybridized carbons (Fsp3) is 0.250. The first-order valence-corrected chi connectivity index (χ1v) is 12.2. The molecule has 1 atom stereocenters. The summed E-state index contributed by atoms with van der Waals surface area (Å²) in [4.78, 5) is 40.9. The molecule has 3 aromatic heterocycles. The Kier molecular flexibility index (Phi) is 6.56. The molecule has 1 saturated heterocycles. The lowest BCUT2D eigenvalue weighted by Gasteiger charge is -2.33. The zero-order chi connectivity index (χ0) is 25.9. The molecule has 0 bridgehead atoms. The van der Waals surface area contributed by atoms with E-state index in [1.165, 1.54) is 0 Å². The highest BCUT2D eigenvalue weighted by Crippen LogP contribution is 2.36. The summed E-state index contributed by atoms with van der Waals surface area (Å²) in [5, 5.41) is 2.81. The second-order valence-corrected chi connectivity index (χ2v) is 8.93. The van der Waals surface area contributed by atoms with Gasteiger partial charge >= 0.3 is 0 Å². The van der Waals surface area contributed by atoms with Gasteiger partial charge in [-0.2, -0.15) is 0 Å². The van der Waals surface area contributed by atoms with Crippen molar-refractivity contribution in [3.05, 3.63) is 71.9 Å². The number of aromatic nitrogens is 4. The molecule has 3 N–H and O–H groups in total. The number of fused-ring (bicyclic) bond motifs is 1. The van der Waals surface area contributed by atoms with Gasteiger partial charge in [0.15, 0.2) is 0 Å². The van der Waals surface area contributed by atoms with Crippen LogP contribution < -0.4 is 11.1 Å². The topological polar surface area (TPSA) is 119 Å². The summed E-state index contributed by atoms with van der Waals surface area (Å²) in [7, 11) is 0. The molecule has 4 heterocycles. The smallest absolute Gasteiger partial charge is 0.299 e. The second kappa shape index (κ2) is 10.1. The van der Waals surface area contributed by atoms with Crippen LogP contribution in [0.1, 0.15) is 54.0 Å². The summed E-state index contributed by atoms with van der Waals surface area (Å²) >= 11 is 0. The minimum absolute atomic E-state index is 0.202. The first-order chi connectivity index (χ1) is 18.0. The number of likely N-dealkylation sites (tertiary alicyclic amines) is 1. The quantitative estimate of drug-likeness (QED) is 0.415. The van der Waals surface area contributed by atoms with E-state index in [1.54, 1.807) is 42.4 Å². The number of imidazole rings is 1. The summed E-state index contributed by atoms with van der Waals surface area (Å²) in [5.74, 6) is 6.49. The van der Waals surface area contributed by atoms with E-state index in [1.807, 2.05) is 35.7 Å². The number of pyridine rings is 1. The Balaban J connectivity index is 1.56. The van der Waals surface area contributed by atoms with Gasteiger partial charge in [0.05, 0.1) is 6.04 Å². The lowest BCUT2D eigenvalue weighted by Crippen LogP contribution is -2.38. The Morgan fingerprint density at radius 1 is 1.14 bits per heavy atom. The van der Waals surface area contributed by atoms with E-state index in [2.05, 4.69) is 27.1 Å². The van der Waals surface area contributed by atoms with Crippen molar-refractivity contribution >= 4 is 29.0 Å². The van der Waals surface area contributed by atoms with Gasteiger partial charge in [-0.3, -0.25) is 14.0 Å². The molecule has 37 heavy (non-hydrogen) atoms. The molecule has 0 saturated carbocycles. The lowest BCUT2D eigenvalue weighted by atomic mass is 10.0. The van der Waals surface area contributed by atoms with Crippen molar-refractivity contribution in [2.75, 3.05) is 17.6 Å². The number of amides is 2. The van der Waals surface area contributed by atoms with E-state index in [0.717, 1.165) is 36.2 Å². The van der Waals surface area contributed by atoms with E-state index in [9.17, 15) is 9.59 Å². The molecular formula is C28H27N7O2. The Hall–Kier alpha value is -4.71. The molecule has 1 unspecified atom stereocenters. The van der Waals surface area contributed by atoms with Gasteiger partial charge in [0.1, 0.15) is 28.7 Å². The molecule has 0 spiro atoms. The number of nitrogens with two attached hydrogens (primary N) is 1. The normalized spacial score (nSPS) is 15.2. The molecule has 1 aromatic carbocycles. The molecule has 9 heteroatoms. The van der Waals surface area contributed by atoms with Gasteiger partial charge < -0.3 is 16.0 Å². The largest absolute Gasteiger partial charge is 0.382 e. The van der Waals surface area contributed by atoms with Gasteiger partial charge in [0.2, 0.25) is 0 Å². The average molecular weight is 494 g/mol. The van der Waals surface area contributed by atoms with Gasteiger partial charge in [-0.15, -0.1) is 0 Å². The van der Waals surface area contributed by atoms with E-state index >= 15 is 0 Å². The standard InChI is InChI=1S/C28H27N7O2/c1-3-8-23(36)34-15-7-5-9-21(34)27-33-24(25-26(29)31-14-16-35(25)27)20-12-11-19(17-18(20)2)28(37)32-22-10-4-6-13-30-22/h4,6,10-14,16-17,21H,5,7,9,15H2,1-2H3,(H2,29,31)(H,30,32,37). The zero-order valence-corrected chi connectivity index (χ0v) is 20.7. The molecule has 9 nitrogen and oxygen atoms in total.